The smallest absolute Gasteiger partial charge is 0.193 e. The Bertz CT molecular complexity index is 429. The lowest BCUT2D eigenvalue weighted by Crippen LogP contribution is -2.39. The van der Waals surface area contributed by atoms with Gasteiger partial charge in [-0.25, -0.2) is 0 Å². The van der Waals surface area contributed by atoms with Gasteiger partial charge in [-0.3, -0.25) is 4.99 Å². The first kappa shape index (κ1) is 16.8. The normalized spacial score (nSPS) is 11.4. The van der Waals surface area contributed by atoms with Crippen LogP contribution in [-0.4, -0.2) is 37.5 Å². The lowest BCUT2D eigenvalue weighted by Gasteiger charge is -2.21. The van der Waals surface area contributed by atoms with Gasteiger partial charge in [0.15, 0.2) is 10.6 Å². The van der Waals surface area contributed by atoms with E-state index in [4.69, 9.17) is 4.42 Å². The van der Waals surface area contributed by atoms with Crippen molar-refractivity contribution >= 4 is 21.9 Å². The molecule has 4 nitrogen and oxygen atoms in total. The average Bonchev–Trinajstić information content (AvgIpc) is 2.83. The highest BCUT2D eigenvalue weighted by Crippen LogP contribution is 2.14. The van der Waals surface area contributed by atoms with Crippen LogP contribution in [0.4, 0.5) is 0 Å². The number of allylic oxidation sites excluding steroid dienone is 1. The van der Waals surface area contributed by atoms with E-state index < -0.39 is 0 Å². The average molecular weight is 342 g/mol. The van der Waals surface area contributed by atoms with Crippen molar-refractivity contribution < 1.29 is 4.42 Å². The van der Waals surface area contributed by atoms with Gasteiger partial charge in [-0.05, 0) is 47.8 Å². The van der Waals surface area contributed by atoms with Crippen molar-refractivity contribution in [3.8, 4) is 0 Å². The number of aliphatic imine (C=N–C) groups is 1. The van der Waals surface area contributed by atoms with Gasteiger partial charge in [-0.15, -0.1) is 6.58 Å². The summed E-state index contributed by atoms with van der Waals surface area (Å²) in [5.41, 5.74) is 0. The van der Waals surface area contributed by atoms with Gasteiger partial charge >= 0.3 is 0 Å². The van der Waals surface area contributed by atoms with Crippen LogP contribution in [0.2, 0.25) is 0 Å². The van der Waals surface area contributed by atoms with E-state index in [9.17, 15) is 0 Å². The zero-order valence-electron chi connectivity index (χ0n) is 12.4. The van der Waals surface area contributed by atoms with E-state index in [1.165, 1.54) is 0 Å². The van der Waals surface area contributed by atoms with Gasteiger partial charge in [0.25, 0.3) is 0 Å². The predicted octanol–water partition coefficient (Wildman–Crippen LogP) is 3.45. The molecule has 0 aromatic carbocycles. The van der Waals surface area contributed by atoms with Crippen LogP contribution in [0, 0.1) is 0 Å². The van der Waals surface area contributed by atoms with Crippen LogP contribution in [0.5, 0.6) is 0 Å². The summed E-state index contributed by atoms with van der Waals surface area (Å²) >= 11 is 3.31. The number of unbranched alkanes of at least 4 members (excludes halogenated alkanes) is 1. The van der Waals surface area contributed by atoms with Crippen molar-refractivity contribution in [2.75, 3.05) is 26.7 Å². The summed E-state index contributed by atoms with van der Waals surface area (Å²) in [6.07, 6.45) is 4.88. The number of nitrogens with zero attached hydrogens (tertiary/aromatic N) is 2. The molecule has 5 heteroatoms. The minimum atomic E-state index is 0.716. The molecule has 0 aliphatic rings. The fourth-order valence-electron chi connectivity index (χ4n) is 1.81. The van der Waals surface area contributed by atoms with E-state index in [0.29, 0.717) is 6.54 Å². The summed E-state index contributed by atoms with van der Waals surface area (Å²) in [5, 5.41) is 3.31. The molecule has 112 valence electrons. The number of rotatable bonds is 8. The summed E-state index contributed by atoms with van der Waals surface area (Å²) < 4.78 is 6.24. The van der Waals surface area contributed by atoms with Gasteiger partial charge in [0.2, 0.25) is 0 Å². The van der Waals surface area contributed by atoms with Crippen LogP contribution in [0.25, 0.3) is 0 Å². The molecule has 0 saturated heterocycles. The van der Waals surface area contributed by atoms with Gasteiger partial charge < -0.3 is 14.6 Å². The molecule has 0 aliphatic heterocycles. The Kier molecular flexibility index (Phi) is 8.11. The number of hydrogen-bond acceptors (Lipinski definition) is 2. The van der Waals surface area contributed by atoms with E-state index in [1.807, 2.05) is 18.2 Å². The van der Waals surface area contributed by atoms with Gasteiger partial charge in [0.05, 0.1) is 0 Å². The van der Waals surface area contributed by atoms with Gasteiger partial charge in [0, 0.05) is 33.1 Å². The molecule has 0 bridgehead atoms. The second kappa shape index (κ2) is 9.64. The zero-order valence-corrected chi connectivity index (χ0v) is 13.9. The fourth-order valence-corrected chi connectivity index (χ4v) is 2.15. The predicted molar refractivity (Wildman–Crippen MR) is 88.2 cm³/mol. The molecular weight excluding hydrogens is 318 g/mol. The molecule has 0 amide bonds. The first-order valence-electron chi connectivity index (χ1n) is 7.02. The largest absolute Gasteiger partial charge is 0.454 e. The van der Waals surface area contributed by atoms with E-state index in [-0.39, 0.29) is 0 Å². The van der Waals surface area contributed by atoms with Crippen LogP contribution in [0.15, 0.2) is 38.9 Å². The number of hydrogen-bond donors (Lipinski definition) is 1. The Morgan fingerprint density at radius 3 is 2.95 bits per heavy atom. The number of guanidine groups is 1. The molecule has 1 aromatic heterocycles. The molecule has 0 atom stereocenters. The third kappa shape index (κ3) is 6.28. The first-order valence-corrected chi connectivity index (χ1v) is 7.81. The summed E-state index contributed by atoms with van der Waals surface area (Å²) in [6.45, 7) is 8.39. The lowest BCUT2D eigenvalue weighted by molar-refractivity contribution is 0.466. The molecule has 20 heavy (non-hydrogen) atoms. The molecule has 0 spiro atoms. The molecular formula is C15H24BrN3O. The molecule has 1 aromatic rings. The molecule has 0 unspecified atom stereocenters. The summed E-state index contributed by atoms with van der Waals surface area (Å²) in [6, 6.07) is 3.88. The van der Waals surface area contributed by atoms with Crippen molar-refractivity contribution in [1.29, 1.82) is 0 Å². The summed E-state index contributed by atoms with van der Waals surface area (Å²) in [7, 11) is 2.06. The Hall–Kier alpha value is -1.23. The standard InChI is InChI=1S/C15H24BrN3O/c1-4-6-7-12-19(3)15(17-5-2)18-11-10-13-8-9-14(16)20-13/h4,8-9H,1,5-7,10-12H2,2-3H3,(H,17,18). The van der Waals surface area contributed by atoms with Crippen molar-refractivity contribution in [3.05, 3.63) is 35.2 Å². The third-order valence-corrected chi connectivity index (χ3v) is 3.27. The number of nitrogens with one attached hydrogen (secondary N) is 1. The molecule has 1 heterocycles. The number of furan rings is 1. The topological polar surface area (TPSA) is 40.8 Å². The van der Waals surface area contributed by atoms with Crippen LogP contribution in [-0.2, 0) is 6.42 Å². The van der Waals surface area contributed by atoms with Gasteiger partial charge in [-0.1, -0.05) is 6.08 Å². The highest BCUT2D eigenvalue weighted by atomic mass is 79.9. The Balaban J connectivity index is 2.46. The minimum absolute atomic E-state index is 0.716. The quantitative estimate of drug-likeness (QED) is 0.340. The number of halogens is 1. The molecule has 1 rings (SSSR count). The maximum absolute atomic E-state index is 5.47. The molecule has 0 saturated carbocycles. The SMILES string of the molecule is C=CCCCN(C)C(=NCCc1ccc(Br)o1)NCC. The highest BCUT2D eigenvalue weighted by molar-refractivity contribution is 9.10. The molecule has 0 radical (unpaired) electrons. The van der Waals surface area contributed by atoms with Crippen molar-refractivity contribution in [3.63, 3.8) is 0 Å². The summed E-state index contributed by atoms with van der Waals surface area (Å²) in [4.78, 5) is 6.78. The van der Waals surface area contributed by atoms with Crippen molar-refractivity contribution in [1.82, 2.24) is 10.2 Å². The highest BCUT2D eigenvalue weighted by Gasteiger charge is 2.05. The fraction of sp³-hybridized carbons (Fsp3) is 0.533. The molecule has 1 N–H and O–H groups in total. The van der Waals surface area contributed by atoms with Gasteiger partial charge in [-0.2, -0.15) is 0 Å². The Morgan fingerprint density at radius 1 is 1.55 bits per heavy atom. The van der Waals surface area contributed by atoms with Crippen molar-refractivity contribution in [2.45, 2.75) is 26.2 Å². The van der Waals surface area contributed by atoms with Crippen LogP contribution in [0.1, 0.15) is 25.5 Å². The zero-order chi connectivity index (χ0) is 14.8. The lowest BCUT2D eigenvalue weighted by atomic mass is 10.3. The maximum atomic E-state index is 5.47. The third-order valence-electron chi connectivity index (χ3n) is 2.85. The maximum Gasteiger partial charge on any atom is 0.193 e. The van der Waals surface area contributed by atoms with Gasteiger partial charge in [0.1, 0.15) is 5.76 Å². The monoisotopic (exact) mass is 341 g/mol. The Labute approximate surface area is 130 Å². The summed E-state index contributed by atoms with van der Waals surface area (Å²) in [5.74, 6) is 1.90. The molecule has 0 fully saturated rings. The van der Waals surface area contributed by atoms with Crippen LogP contribution >= 0.6 is 15.9 Å². The van der Waals surface area contributed by atoms with Crippen LogP contribution in [0.3, 0.4) is 0 Å². The first-order chi connectivity index (χ1) is 9.67. The molecule has 0 aliphatic carbocycles. The van der Waals surface area contributed by atoms with E-state index in [1.54, 1.807) is 0 Å². The van der Waals surface area contributed by atoms with E-state index in [2.05, 4.69) is 51.7 Å². The Morgan fingerprint density at radius 2 is 2.35 bits per heavy atom. The second-order valence-corrected chi connectivity index (χ2v) is 5.33. The van der Waals surface area contributed by atoms with E-state index in [0.717, 1.165) is 48.7 Å². The van der Waals surface area contributed by atoms with Crippen molar-refractivity contribution in [2.24, 2.45) is 4.99 Å². The van der Waals surface area contributed by atoms with E-state index >= 15 is 0 Å². The second-order valence-electron chi connectivity index (χ2n) is 4.54. The minimum Gasteiger partial charge on any atom is -0.454 e. The van der Waals surface area contributed by atoms with Crippen LogP contribution < -0.4 is 5.32 Å².